The molecule has 0 unspecified atom stereocenters. The maximum atomic E-state index is 13.4. The van der Waals surface area contributed by atoms with E-state index in [-0.39, 0.29) is 17.2 Å². The molecule has 0 saturated heterocycles. The molecule has 0 heterocycles. The highest BCUT2D eigenvalue weighted by Crippen LogP contribution is 2.18. The zero-order chi connectivity index (χ0) is 14.8. The molecule has 0 aliphatic heterocycles. The van der Waals surface area contributed by atoms with E-state index in [9.17, 15) is 9.18 Å². The fraction of sp³-hybridized carbons (Fsp3) is 0.500. The lowest BCUT2D eigenvalue weighted by Gasteiger charge is -2.10. The van der Waals surface area contributed by atoms with Crippen LogP contribution in [0, 0.1) is 5.82 Å². The van der Waals surface area contributed by atoms with Crippen molar-refractivity contribution in [3.8, 4) is 0 Å². The van der Waals surface area contributed by atoms with E-state index in [0.717, 1.165) is 12.8 Å². The van der Waals surface area contributed by atoms with Crippen LogP contribution in [0.15, 0.2) is 18.2 Å². The third-order valence-corrected chi connectivity index (χ3v) is 3.66. The summed E-state index contributed by atoms with van der Waals surface area (Å²) in [4.78, 5) is 11.9. The van der Waals surface area contributed by atoms with Gasteiger partial charge in [0.05, 0.1) is 11.3 Å². The highest BCUT2D eigenvalue weighted by Gasteiger charge is 2.13. The molecule has 20 heavy (non-hydrogen) atoms. The normalized spacial score (nSPS) is 10.3. The average Bonchev–Trinajstić information content (AvgIpc) is 2.45. The molecule has 0 atom stereocenters. The van der Waals surface area contributed by atoms with Crippen molar-refractivity contribution in [2.75, 3.05) is 24.0 Å². The van der Waals surface area contributed by atoms with Crippen LogP contribution in [0.4, 0.5) is 10.1 Å². The number of thioether (sulfide) groups is 1. The van der Waals surface area contributed by atoms with Crippen molar-refractivity contribution in [2.24, 2.45) is 5.84 Å². The van der Waals surface area contributed by atoms with Gasteiger partial charge >= 0.3 is 0 Å². The van der Waals surface area contributed by atoms with Crippen LogP contribution in [0.1, 0.15) is 36.0 Å². The van der Waals surface area contributed by atoms with Gasteiger partial charge in [-0.05, 0) is 37.0 Å². The summed E-state index contributed by atoms with van der Waals surface area (Å²) < 4.78 is 13.4. The smallest absolute Gasteiger partial charge is 0.253 e. The number of nitrogens with two attached hydrogens (primary N) is 1. The minimum absolute atomic E-state index is 0.0324. The second-order valence-electron chi connectivity index (χ2n) is 4.47. The molecule has 0 aliphatic carbocycles. The zero-order valence-electron chi connectivity index (χ0n) is 11.7. The summed E-state index contributed by atoms with van der Waals surface area (Å²) in [5.74, 6) is 5.59. The second-order valence-corrected chi connectivity index (χ2v) is 5.46. The average molecular weight is 299 g/mol. The Hall–Kier alpha value is -1.27. The van der Waals surface area contributed by atoms with E-state index in [1.165, 1.54) is 30.7 Å². The first-order valence-electron chi connectivity index (χ1n) is 6.73. The number of benzene rings is 1. The molecule has 112 valence electrons. The molecule has 0 bridgehead atoms. The van der Waals surface area contributed by atoms with Crippen LogP contribution in [-0.2, 0) is 0 Å². The third-order valence-electron chi connectivity index (χ3n) is 2.96. The van der Waals surface area contributed by atoms with E-state index in [2.05, 4.69) is 17.0 Å². The van der Waals surface area contributed by atoms with Gasteiger partial charge in [0.15, 0.2) is 0 Å². The maximum Gasteiger partial charge on any atom is 0.253 e. The van der Waals surface area contributed by atoms with Gasteiger partial charge in [-0.1, -0.05) is 18.9 Å². The second kappa shape index (κ2) is 9.61. The Balaban J connectivity index is 2.35. The van der Waals surface area contributed by atoms with Gasteiger partial charge in [-0.15, -0.1) is 0 Å². The molecule has 4 N–H and O–H groups in total. The number of carbonyl (C=O) groups is 1. The summed E-state index contributed by atoms with van der Waals surface area (Å²) >= 11 is 1.85. The Morgan fingerprint density at radius 1 is 1.30 bits per heavy atom. The Kier molecular flexibility index (Phi) is 8.06. The molecule has 0 radical (unpaired) electrons. The Bertz CT molecular complexity index is 429. The fourth-order valence-corrected chi connectivity index (χ4v) is 2.37. The highest BCUT2D eigenvalue weighted by atomic mass is 32.2. The SMILES string of the molecule is CSCCCCCCNC(=O)c1cccc(F)c1NN. The number of amides is 1. The van der Waals surface area contributed by atoms with Gasteiger partial charge in [-0.2, -0.15) is 11.8 Å². The molecule has 0 spiro atoms. The van der Waals surface area contributed by atoms with E-state index in [1.807, 2.05) is 11.8 Å². The summed E-state index contributed by atoms with van der Waals surface area (Å²) in [6.07, 6.45) is 6.50. The molecule has 0 saturated carbocycles. The van der Waals surface area contributed by atoms with Crippen LogP contribution >= 0.6 is 11.8 Å². The molecular weight excluding hydrogens is 277 g/mol. The molecule has 0 aromatic heterocycles. The number of nitrogens with one attached hydrogen (secondary N) is 2. The number of anilines is 1. The summed E-state index contributed by atoms with van der Waals surface area (Å²) in [6.45, 7) is 0.596. The quantitative estimate of drug-likeness (QED) is 0.373. The van der Waals surface area contributed by atoms with Gasteiger partial charge in [0.2, 0.25) is 0 Å². The number of nitrogen functional groups attached to an aromatic ring is 1. The van der Waals surface area contributed by atoms with E-state index < -0.39 is 5.82 Å². The summed E-state index contributed by atoms with van der Waals surface area (Å²) in [6, 6.07) is 4.30. The molecule has 0 fully saturated rings. The van der Waals surface area contributed by atoms with Gasteiger partial charge in [0.25, 0.3) is 5.91 Å². The van der Waals surface area contributed by atoms with Crippen LogP contribution in [-0.4, -0.2) is 24.5 Å². The standard InChI is InChI=1S/C14H22FN3OS/c1-20-10-5-3-2-4-9-17-14(19)11-7-6-8-12(15)13(11)18-16/h6-8,18H,2-5,9-10,16H2,1H3,(H,17,19). The number of hydrazine groups is 1. The number of halogens is 1. The molecule has 4 nitrogen and oxygen atoms in total. The van der Waals surface area contributed by atoms with Crippen molar-refractivity contribution in [1.29, 1.82) is 0 Å². The first-order chi connectivity index (χ1) is 9.70. The summed E-state index contributed by atoms with van der Waals surface area (Å²) in [5, 5.41) is 2.79. The van der Waals surface area contributed by atoms with Crippen LogP contribution in [0.3, 0.4) is 0 Å². The lowest BCUT2D eigenvalue weighted by molar-refractivity contribution is 0.0953. The largest absolute Gasteiger partial charge is 0.352 e. The van der Waals surface area contributed by atoms with Crippen LogP contribution in [0.5, 0.6) is 0 Å². The molecule has 6 heteroatoms. The predicted molar refractivity (Wildman–Crippen MR) is 83.4 cm³/mol. The molecule has 1 aromatic rings. The van der Waals surface area contributed by atoms with Crippen molar-refractivity contribution >= 4 is 23.4 Å². The third kappa shape index (κ3) is 5.38. The number of para-hydroxylation sites is 1. The summed E-state index contributed by atoms with van der Waals surface area (Å²) in [5.41, 5.74) is 2.50. The fourth-order valence-electron chi connectivity index (χ4n) is 1.88. The summed E-state index contributed by atoms with van der Waals surface area (Å²) in [7, 11) is 0. The van der Waals surface area contributed by atoms with Crippen LogP contribution in [0.25, 0.3) is 0 Å². The predicted octanol–water partition coefficient (Wildman–Crippen LogP) is 2.76. The number of unbranched alkanes of at least 4 members (excludes halogenated alkanes) is 3. The first-order valence-corrected chi connectivity index (χ1v) is 8.12. The Morgan fingerprint density at radius 3 is 2.75 bits per heavy atom. The number of carbonyl (C=O) groups excluding carboxylic acids is 1. The van der Waals surface area contributed by atoms with Gasteiger partial charge < -0.3 is 10.7 Å². The van der Waals surface area contributed by atoms with E-state index in [1.54, 1.807) is 6.07 Å². The lowest BCUT2D eigenvalue weighted by atomic mass is 10.1. The van der Waals surface area contributed by atoms with Crippen molar-refractivity contribution in [3.05, 3.63) is 29.6 Å². The Labute approximate surface area is 123 Å². The van der Waals surface area contributed by atoms with Crippen molar-refractivity contribution in [3.63, 3.8) is 0 Å². The monoisotopic (exact) mass is 299 g/mol. The molecule has 1 aromatic carbocycles. The van der Waals surface area contributed by atoms with Crippen LogP contribution in [0.2, 0.25) is 0 Å². The zero-order valence-corrected chi connectivity index (χ0v) is 12.6. The molecular formula is C14H22FN3OS. The van der Waals surface area contributed by atoms with Gasteiger partial charge in [-0.3, -0.25) is 10.6 Å². The minimum atomic E-state index is -0.530. The number of rotatable bonds is 9. The van der Waals surface area contributed by atoms with Crippen LogP contribution < -0.4 is 16.6 Å². The van der Waals surface area contributed by atoms with Gasteiger partial charge in [-0.25, -0.2) is 4.39 Å². The lowest BCUT2D eigenvalue weighted by Crippen LogP contribution is -2.26. The van der Waals surface area contributed by atoms with Crippen molar-refractivity contribution < 1.29 is 9.18 Å². The van der Waals surface area contributed by atoms with E-state index >= 15 is 0 Å². The van der Waals surface area contributed by atoms with Crippen molar-refractivity contribution in [1.82, 2.24) is 5.32 Å². The molecule has 0 aliphatic rings. The molecule has 1 rings (SSSR count). The topological polar surface area (TPSA) is 67.2 Å². The van der Waals surface area contributed by atoms with Gasteiger partial charge in [0, 0.05) is 6.54 Å². The van der Waals surface area contributed by atoms with Crippen molar-refractivity contribution in [2.45, 2.75) is 25.7 Å². The Morgan fingerprint density at radius 2 is 2.05 bits per heavy atom. The highest BCUT2D eigenvalue weighted by molar-refractivity contribution is 7.98. The minimum Gasteiger partial charge on any atom is -0.352 e. The number of hydrogen-bond donors (Lipinski definition) is 3. The molecule has 1 amide bonds. The first kappa shape index (κ1) is 16.8. The van der Waals surface area contributed by atoms with E-state index in [4.69, 9.17) is 5.84 Å². The number of hydrogen-bond acceptors (Lipinski definition) is 4. The van der Waals surface area contributed by atoms with E-state index in [0.29, 0.717) is 6.54 Å². The van der Waals surface area contributed by atoms with Gasteiger partial charge in [0.1, 0.15) is 5.82 Å². The maximum absolute atomic E-state index is 13.4.